The maximum atomic E-state index is 12.2. The van der Waals surface area contributed by atoms with Crippen LogP contribution in [0.25, 0.3) is 16.9 Å². The number of hydrazone groups is 1. The molecule has 0 bridgehead atoms. The number of amides is 1. The number of aromatic nitrogens is 2. The quantitative estimate of drug-likeness (QED) is 0.385. The van der Waals surface area contributed by atoms with Gasteiger partial charge in [-0.15, -0.1) is 0 Å². The van der Waals surface area contributed by atoms with Gasteiger partial charge in [0, 0.05) is 17.3 Å². The van der Waals surface area contributed by atoms with E-state index in [-0.39, 0.29) is 0 Å². The van der Waals surface area contributed by atoms with E-state index in [9.17, 15) is 9.90 Å². The van der Waals surface area contributed by atoms with Crippen LogP contribution in [-0.4, -0.2) is 27.0 Å². The summed E-state index contributed by atoms with van der Waals surface area (Å²) in [5, 5.41) is 18.9. The molecule has 4 aromatic rings. The highest BCUT2D eigenvalue weighted by Gasteiger charge is 2.16. The molecule has 1 amide bonds. The molecule has 1 atom stereocenters. The van der Waals surface area contributed by atoms with Crippen molar-refractivity contribution in [3.63, 3.8) is 0 Å². The minimum Gasteiger partial charge on any atom is -0.378 e. The third-order valence-corrected chi connectivity index (χ3v) is 4.55. The van der Waals surface area contributed by atoms with Gasteiger partial charge in [-0.25, -0.2) is 10.1 Å². The maximum absolute atomic E-state index is 12.2. The Balaban J connectivity index is 1.58. The topological polar surface area (TPSA) is 79.5 Å². The number of nitrogens with zero attached hydrogens (tertiary/aromatic N) is 3. The number of hydrogen-bond donors (Lipinski definition) is 2. The molecule has 0 radical (unpaired) electrons. The van der Waals surface area contributed by atoms with Crippen LogP contribution in [0, 0.1) is 0 Å². The molecule has 1 heterocycles. The lowest BCUT2D eigenvalue weighted by atomic mass is 10.1. The van der Waals surface area contributed by atoms with Crippen molar-refractivity contribution in [2.24, 2.45) is 5.10 Å². The molecule has 3 aromatic carbocycles. The summed E-state index contributed by atoms with van der Waals surface area (Å²) in [4.78, 5) is 12.2. The van der Waals surface area contributed by atoms with E-state index in [0.29, 0.717) is 5.56 Å². The second-order valence-corrected chi connectivity index (χ2v) is 6.63. The van der Waals surface area contributed by atoms with Crippen LogP contribution in [0.4, 0.5) is 0 Å². The van der Waals surface area contributed by atoms with Gasteiger partial charge in [-0.3, -0.25) is 4.79 Å². The van der Waals surface area contributed by atoms with E-state index >= 15 is 0 Å². The Bertz CT molecular complexity index is 1140. The summed E-state index contributed by atoms with van der Waals surface area (Å²) < 4.78 is 1.77. The lowest BCUT2D eigenvalue weighted by Crippen LogP contribution is -2.25. The van der Waals surface area contributed by atoms with Gasteiger partial charge in [-0.05, 0) is 17.7 Å². The van der Waals surface area contributed by atoms with Gasteiger partial charge in [-0.1, -0.05) is 78.9 Å². The Hall–Kier alpha value is -4.03. The molecule has 0 saturated heterocycles. The number of carbonyl (C=O) groups excluding carboxylic acids is 1. The Kier molecular flexibility index (Phi) is 5.78. The van der Waals surface area contributed by atoms with Crippen LogP contribution >= 0.6 is 0 Å². The smallest absolute Gasteiger partial charge is 0.273 e. The highest BCUT2D eigenvalue weighted by Crippen LogP contribution is 2.22. The van der Waals surface area contributed by atoms with Crippen molar-refractivity contribution in [2.75, 3.05) is 0 Å². The van der Waals surface area contributed by atoms with E-state index in [1.54, 1.807) is 28.9 Å². The van der Waals surface area contributed by atoms with E-state index in [0.717, 1.165) is 22.5 Å². The molecule has 0 saturated carbocycles. The van der Waals surface area contributed by atoms with E-state index in [2.05, 4.69) is 10.5 Å². The van der Waals surface area contributed by atoms with Crippen LogP contribution in [-0.2, 0) is 4.79 Å². The predicted octanol–water partition coefficient (Wildman–Crippen LogP) is 3.72. The van der Waals surface area contributed by atoms with E-state index in [1.165, 1.54) is 6.21 Å². The van der Waals surface area contributed by atoms with Crippen molar-refractivity contribution < 1.29 is 9.90 Å². The van der Waals surface area contributed by atoms with E-state index in [4.69, 9.17) is 5.10 Å². The lowest BCUT2D eigenvalue weighted by Gasteiger charge is -2.08. The van der Waals surface area contributed by atoms with Crippen LogP contribution in [0.15, 0.2) is 102 Å². The summed E-state index contributed by atoms with van der Waals surface area (Å²) in [6, 6.07) is 28.2. The number of aliphatic hydroxyl groups excluding tert-OH is 1. The molecule has 30 heavy (non-hydrogen) atoms. The first-order chi connectivity index (χ1) is 14.7. The fraction of sp³-hybridized carbons (Fsp3) is 0.0417. The maximum Gasteiger partial charge on any atom is 0.273 e. The number of hydrogen-bond acceptors (Lipinski definition) is 4. The van der Waals surface area contributed by atoms with Crippen LogP contribution in [0.3, 0.4) is 0 Å². The molecule has 0 aliphatic heterocycles. The van der Waals surface area contributed by atoms with Gasteiger partial charge in [0.2, 0.25) is 0 Å². The van der Waals surface area contributed by atoms with Gasteiger partial charge in [0.1, 0.15) is 5.69 Å². The average molecular weight is 396 g/mol. The molecular formula is C24H20N4O2. The second-order valence-electron chi connectivity index (χ2n) is 6.63. The predicted molar refractivity (Wildman–Crippen MR) is 116 cm³/mol. The number of nitrogens with one attached hydrogen (secondary N) is 1. The molecule has 0 fully saturated rings. The summed E-state index contributed by atoms with van der Waals surface area (Å²) in [5.74, 6) is -0.603. The van der Waals surface area contributed by atoms with Crippen molar-refractivity contribution in [3.05, 3.63) is 108 Å². The zero-order valence-corrected chi connectivity index (χ0v) is 16.1. The van der Waals surface area contributed by atoms with Crippen molar-refractivity contribution in [2.45, 2.75) is 6.10 Å². The van der Waals surface area contributed by atoms with Crippen LogP contribution in [0.2, 0.25) is 0 Å². The normalized spacial score (nSPS) is 12.0. The molecule has 0 aliphatic rings. The number of para-hydroxylation sites is 1. The molecule has 148 valence electrons. The SMILES string of the molecule is O=C(N/N=C\c1cn(-c2ccccc2)nc1-c1ccccc1)[C@@H](O)c1ccccc1. The third-order valence-electron chi connectivity index (χ3n) is 4.55. The molecule has 4 rings (SSSR count). The minimum absolute atomic E-state index is 0.507. The van der Waals surface area contributed by atoms with Gasteiger partial charge in [0.25, 0.3) is 5.91 Å². The molecule has 6 heteroatoms. The largest absolute Gasteiger partial charge is 0.378 e. The number of carbonyl (C=O) groups is 1. The minimum atomic E-state index is -1.29. The summed E-state index contributed by atoms with van der Waals surface area (Å²) in [6.07, 6.45) is 2.09. The van der Waals surface area contributed by atoms with Gasteiger partial charge in [0.05, 0.1) is 11.9 Å². The van der Waals surface area contributed by atoms with Crippen LogP contribution < -0.4 is 5.43 Å². The van der Waals surface area contributed by atoms with Crippen molar-refractivity contribution in [1.82, 2.24) is 15.2 Å². The first-order valence-corrected chi connectivity index (χ1v) is 9.49. The van der Waals surface area contributed by atoms with Crippen molar-refractivity contribution in [3.8, 4) is 16.9 Å². The monoisotopic (exact) mass is 396 g/mol. The Morgan fingerprint density at radius 3 is 2.20 bits per heavy atom. The Morgan fingerprint density at radius 2 is 1.53 bits per heavy atom. The summed E-state index contributed by atoms with van der Waals surface area (Å²) in [7, 11) is 0. The fourth-order valence-corrected chi connectivity index (χ4v) is 3.03. The van der Waals surface area contributed by atoms with Gasteiger partial charge in [-0.2, -0.15) is 10.2 Å². The average Bonchev–Trinajstić information content (AvgIpc) is 3.24. The number of rotatable bonds is 6. The highest BCUT2D eigenvalue weighted by atomic mass is 16.3. The first-order valence-electron chi connectivity index (χ1n) is 9.49. The molecule has 2 N–H and O–H groups in total. The summed E-state index contributed by atoms with van der Waals surface area (Å²) in [5.41, 5.74) is 6.23. The molecule has 6 nitrogen and oxygen atoms in total. The molecule has 1 aromatic heterocycles. The summed E-state index contributed by atoms with van der Waals surface area (Å²) in [6.45, 7) is 0. The Morgan fingerprint density at radius 1 is 0.933 bits per heavy atom. The van der Waals surface area contributed by atoms with E-state index < -0.39 is 12.0 Å². The van der Waals surface area contributed by atoms with Crippen LogP contribution in [0.5, 0.6) is 0 Å². The Labute approximate surface area is 174 Å². The highest BCUT2D eigenvalue weighted by molar-refractivity contribution is 5.90. The van der Waals surface area contributed by atoms with E-state index in [1.807, 2.05) is 72.9 Å². The van der Waals surface area contributed by atoms with Gasteiger partial charge >= 0.3 is 0 Å². The zero-order valence-electron chi connectivity index (χ0n) is 16.1. The van der Waals surface area contributed by atoms with Crippen molar-refractivity contribution in [1.29, 1.82) is 0 Å². The third kappa shape index (κ3) is 4.34. The number of benzene rings is 3. The van der Waals surface area contributed by atoms with Gasteiger partial charge < -0.3 is 5.11 Å². The second kappa shape index (κ2) is 8.98. The zero-order chi connectivity index (χ0) is 20.8. The lowest BCUT2D eigenvalue weighted by molar-refractivity contribution is -0.129. The molecule has 0 unspecified atom stereocenters. The molecular weight excluding hydrogens is 376 g/mol. The fourth-order valence-electron chi connectivity index (χ4n) is 3.03. The standard InChI is InChI=1S/C24H20N4O2/c29-23(19-12-6-2-7-13-19)24(30)26-25-16-20-17-28(21-14-8-3-9-15-21)27-22(20)18-10-4-1-5-11-18/h1-17,23,29H,(H,26,30)/b25-16-/t23-/m0/s1. The first kappa shape index (κ1) is 19.3. The number of aliphatic hydroxyl groups is 1. The van der Waals surface area contributed by atoms with Crippen molar-refractivity contribution >= 4 is 12.1 Å². The van der Waals surface area contributed by atoms with Gasteiger partial charge in [0.15, 0.2) is 6.10 Å². The van der Waals surface area contributed by atoms with Crippen LogP contribution in [0.1, 0.15) is 17.2 Å². The molecule has 0 spiro atoms. The summed E-state index contributed by atoms with van der Waals surface area (Å²) >= 11 is 0. The molecule has 0 aliphatic carbocycles.